The minimum Gasteiger partial charge on any atom is -0.351 e. The summed E-state index contributed by atoms with van der Waals surface area (Å²) in [5.74, 6) is 0. The zero-order chi connectivity index (χ0) is 15.0. The molecular weight excluding hydrogens is 250 g/mol. The van der Waals surface area contributed by atoms with Crippen LogP contribution in [0.25, 0.3) is 0 Å². The van der Waals surface area contributed by atoms with Crippen molar-refractivity contribution < 1.29 is 4.79 Å². The number of anilines is 1. The molecule has 0 spiro atoms. The summed E-state index contributed by atoms with van der Waals surface area (Å²) >= 11 is 0. The minimum atomic E-state index is -0.605. The molecule has 4 heteroatoms. The van der Waals surface area contributed by atoms with E-state index in [1.54, 1.807) is 24.3 Å². The summed E-state index contributed by atoms with van der Waals surface area (Å²) in [6.45, 7) is 7.55. The lowest BCUT2D eigenvalue weighted by Gasteiger charge is -2.03. The van der Waals surface area contributed by atoms with E-state index in [9.17, 15) is 4.79 Å². The van der Waals surface area contributed by atoms with Gasteiger partial charge in [-0.25, -0.2) is 4.79 Å². The Morgan fingerprint density at radius 1 is 1.05 bits per heavy atom. The normalized spacial score (nSPS) is 9.10. The topological polar surface area (TPSA) is 67.5 Å². The zero-order valence-electron chi connectivity index (χ0n) is 11.8. The van der Waals surface area contributed by atoms with E-state index in [-0.39, 0.29) is 0 Å². The van der Waals surface area contributed by atoms with E-state index in [4.69, 9.17) is 5.73 Å². The number of amides is 2. The highest BCUT2D eigenvalue weighted by Gasteiger charge is 1.99. The first kappa shape index (κ1) is 15.4. The predicted molar refractivity (Wildman–Crippen MR) is 84.8 cm³/mol. The molecule has 0 radical (unpaired) electrons. The van der Waals surface area contributed by atoms with Crippen molar-refractivity contribution in [3.8, 4) is 0 Å². The second kappa shape index (κ2) is 7.74. The molecule has 0 atom stereocenters. The number of hydrogen-bond donors (Lipinski definition) is 2. The van der Waals surface area contributed by atoms with E-state index >= 15 is 0 Å². The lowest BCUT2D eigenvalue weighted by molar-refractivity contribution is 0.259. The molecule has 0 aliphatic rings. The summed E-state index contributed by atoms with van der Waals surface area (Å²) in [6, 6.07) is 14.9. The van der Waals surface area contributed by atoms with Crippen LogP contribution in [0.2, 0.25) is 0 Å². The summed E-state index contributed by atoms with van der Waals surface area (Å²) in [5.41, 5.74) is 8.77. The van der Waals surface area contributed by atoms with Crippen molar-refractivity contribution in [1.29, 1.82) is 0 Å². The summed E-state index contributed by atoms with van der Waals surface area (Å²) in [5, 5.41) is 2.43. The largest absolute Gasteiger partial charge is 0.351 e. The Kier molecular flexibility index (Phi) is 5.97. The first-order valence-electron chi connectivity index (χ1n) is 6.18. The van der Waals surface area contributed by atoms with Crippen LogP contribution < -0.4 is 11.1 Å². The summed E-state index contributed by atoms with van der Waals surface area (Å²) in [4.78, 5) is 14.2. The predicted octanol–water partition coefficient (Wildman–Crippen LogP) is 3.81. The van der Waals surface area contributed by atoms with Crippen LogP contribution in [0.5, 0.6) is 0 Å². The van der Waals surface area contributed by atoms with Crippen LogP contribution >= 0.6 is 0 Å². The molecule has 20 heavy (non-hydrogen) atoms. The first-order chi connectivity index (χ1) is 9.52. The second-order valence-electron chi connectivity index (χ2n) is 4.32. The Hall–Kier alpha value is -2.62. The third kappa shape index (κ3) is 5.35. The van der Waals surface area contributed by atoms with Gasteiger partial charge in [0.1, 0.15) is 0 Å². The Morgan fingerprint density at radius 2 is 1.55 bits per heavy atom. The molecule has 2 rings (SSSR count). The van der Waals surface area contributed by atoms with Gasteiger partial charge in [-0.3, -0.25) is 4.99 Å². The number of benzene rings is 2. The van der Waals surface area contributed by atoms with E-state index in [0.717, 1.165) is 0 Å². The fourth-order valence-corrected chi connectivity index (χ4v) is 1.49. The highest BCUT2D eigenvalue weighted by Crippen LogP contribution is 2.22. The highest BCUT2D eigenvalue weighted by molar-refractivity contribution is 5.91. The van der Waals surface area contributed by atoms with Crippen molar-refractivity contribution in [2.75, 3.05) is 5.32 Å². The van der Waals surface area contributed by atoms with Gasteiger partial charge in [-0.15, -0.1) is 0 Å². The molecule has 2 aromatic rings. The van der Waals surface area contributed by atoms with Crippen molar-refractivity contribution in [3.63, 3.8) is 0 Å². The molecule has 0 aliphatic carbocycles. The Balaban J connectivity index is 0.000000217. The van der Waals surface area contributed by atoms with Gasteiger partial charge in [0.15, 0.2) is 0 Å². The van der Waals surface area contributed by atoms with Gasteiger partial charge < -0.3 is 11.1 Å². The van der Waals surface area contributed by atoms with E-state index in [2.05, 4.69) is 55.1 Å². The van der Waals surface area contributed by atoms with Crippen molar-refractivity contribution in [1.82, 2.24) is 0 Å². The number of urea groups is 1. The number of primary amides is 1. The summed E-state index contributed by atoms with van der Waals surface area (Å²) in [7, 11) is 0. The van der Waals surface area contributed by atoms with Crippen LogP contribution in [-0.4, -0.2) is 12.7 Å². The molecule has 4 nitrogen and oxygen atoms in total. The Morgan fingerprint density at radius 3 is 2.00 bits per heavy atom. The van der Waals surface area contributed by atoms with Crippen molar-refractivity contribution in [2.45, 2.75) is 13.8 Å². The van der Waals surface area contributed by atoms with E-state index in [0.29, 0.717) is 11.4 Å². The quantitative estimate of drug-likeness (QED) is 0.800. The van der Waals surface area contributed by atoms with Gasteiger partial charge in [-0.2, -0.15) is 0 Å². The number of para-hydroxylation sites is 2. The van der Waals surface area contributed by atoms with Crippen LogP contribution in [-0.2, 0) is 0 Å². The average Bonchev–Trinajstić information content (AvgIpc) is 2.43. The summed E-state index contributed by atoms with van der Waals surface area (Å²) < 4.78 is 0. The van der Waals surface area contributed by atoms with E-state index in [1.165, 1.54) is 11.1 Å². The maximum absolute atomic E-state index is 10.5. The number of aryl methyl sites for hydroxylation is 2. The molecule has 0 unspecified atom stereocenters. The molecule has 0 saturated carbocycles. The maximum Gasteiger partial charge on any atom is 0.316 e. The Bertz CT molecular complexity index is 556. The second-order valence-corrected chi connectivity index (χ2v) is 4.32. The highest BCUT2D eigenvalue weighted by atomic mass is 16.2. The van der Waals surface area contributed by atoms with Crippen molar-refractivity contribution in [3.05, 3.63) is 59.7 Å². The van der Waals surface area contributed by atoms with Gasteiger partial charge in [0.05, 0.1) is 11.4 Å². The lowest BCUT2D eigenvalue weighted by Crippen LogP contribution is -2.19. The van der Waals surface area contributed by atoms with E-state index in [1.807, 2.05) is 0 Å². The van der Waals surface area contributed by atoms with Gasteiger partial charge in [0, 0.05) is 0 Å². The molecule has 0 saturated heterocycles. The van der Waals surface area contributed by atoms with Crippen LogP contribution in [0.15, 0.2) is 53.5 Å². The number of nitrogens with one attached hydrogen (secondary N) is 1. The number of nitrogens with two attached hydrogens (primary N) is 1. The number of nitrogens with zero attached hydrogens (tertiary/aromatic N) is 1. The lowest BCUT2D eigenvalue weighted by atomic mass is 10.2. The van der Waals surface area contributed by atoms with Crippen molar-refractivity contribution >= 4 is 24.1 Å². The fraction of sp³-hybridized carbons (Fsp3) is 0.125. The molecular formula is C16H19N3O. The van der Waals surface area contributed by atoms with Crippen LogP contribution in [0.3, 0.4) is 0 Å². The zero-order valence-corrected chi connectivity index (χ0v) is 11.8. The fourth-order valence-electron chi connectivity index (χ4n) is 1.49. The molecule has 2 aromatic carbocycles. The first-order valence-corrected chi connectivity index (χ1v) is 6.18. The molecule has 2 amide bonds. The Labute approximate surface area is 119 Å². The molecule has 0 bridgehead atoms. The number of rotatable bonds is 2. The molecule has 0 heterocycles. The van der Waals surface area contributed by atoms with Gasteiger partial charge in [-0.1, -0.05) is 47.5 Å². The number of hydrogen-bond acceptors (Lipinski definition) is 2. The van der Waals surface area contributed by atoms with Gasteiger partial charge in [0.25, 0.3) is 0 Å². The van der Waals surface area contributed by atoms with Crippen LogP contribution in [0.4, 0.5) is 16.2 Å². The maximum atomic E-state index is 10.5. The summed E-state index contributed by atoms with van der Waals surface area (Å²) in [6.07, 6.45) is 0. The van der Waals surface area contributed by atoms with Crippen LogP contribution in [0.1, 0.15) is 11.1 Å². The third-order valence-corrected chi connectivity index (χ3v) is 2.55. The molecule has 104 valence electrons. The number of carbonyl (C=O) groups excluding carboxylic acids is 1. The number of aliphatic imine (C=N–C) groups is 1. The average molecular weight is 269 g/mol. The van der Waals surface area contributed by atoms with Crippen molar-refractivity contribution in [2.24, 2.45) is 10.7 Å². The molecule has 0 aromatic heterocycles. The third-order valence-electron chi connectivity index (χ3n) is 2.55. The molecule has 0 fully saturated rings. The number of carbonyl (C=O) groups is 1. The van der Waals surface area contributed by atoms with Gasteiger partial charge >= 0.3 is 6.03 Å². The monoisotopic (exact) mass is 269 g/mol. The minimum absolute atomic E-state index is 0.569. The van der Waals surface area contributed by atoms with Crippen LogP contribution in [0, 0.1) is 13.8 Å². The standard InChI is InChI=1S/C8H9N3O.C8H10/c1-10-6-4-2-3-5-7(6)11-8(9)12;1-7-3-5-8(2)6-4-7/h2-5H,1H2,(H3,9,11,12);3-6H,1-2H3. The SMILES string of the molecule is C=Nc1ccccc1NC(N)=O.Cc1ccc(C)cc1. The van der Waals surface area contributed by atoms with Gasteiger partial charge in [0.2, 0.25) is 0 Å². The molecule has 0 aliphatic heterocycles. The van der Waals surface area contributed by atoms with Gasteiger partial charge in [-0.05, 0) is 32.7 Å². The molecule has 3 N–H and O–H groups in total. The van der Waals surface area contributed by atoms with E-state index < -0.39 is 6.03 Å². The smallest absolute Gasteiger partial charge is 0.316 e.